The molecule has 2 nitrogen and oxygen atoms in total. The lowest BCUT2D eigenvalue weighted by Gasteiger charge is -2.00. The lowest BCUT2D eigenvalue weighted by Crippen LogP contribution is -1.86. The van der Waals surface area contributed by atoms with E-state index in [9.17, 15) is 0 Å². The van der Waals surface area contributed by atoms with Gasteiger partial charge in [-0.1, -0.05) is 39.7 Å². The van der Waals surface area contributed by atoms with Gasteiger partial charge in [-0.3, -0.25) is 0 Å². The van der Waals surface area contributed by atoms with Crippen LogP contribution in [0, 0.1) is 6.92 Å². The number of imidazole rings is 1. The summed E-state index contributed by atoms with van der Waals surface area (Å²) in [6, 6.07) is 11.9. The van der Waals surface area contributed by atoms with Gasteiger partial charge in [0.1, 0.15) is 5.65 Å². The minimum absolute atomic E-state index is 0.699. The summed E-state index contributed by atoms with van der Waals surface area (Å²) in [5, 5.41) is 0.699. The summed E-state index contributed by atoms with van der Waals surface area (Å²) in [4.78, 5) is 4.60. The first-order chi connectivity index (χ1) is 8.65. The first-order valence-electron chi connectivity index (χ1n) is 5.55. The number of pyridine rings is 1. The molecule has 0 aliphatic carbocycles. The number of rotatable bonds is 1. The normalized spacial score (nSPS) is 11.1. The maximum atomic E-state index is 6.25. The van der Waals surface area contributed by atoms with E-state index in [0.29, 0.717) is 5.02 Å². The van der Waals surface area contributed by atoms with Crippen LogP contribution in [0.5, 0.6) is 0 Å². The maximum Gasteiger partial charge on any atom is 0.137 e. The molecule has 0 saturated heterocycles. The van der Waals surface area contributed by atoms with Gasteiger partial charge in [0.25, 0.3) is 0 Å². The number of hydrogen-bond acceptors (Lipinski definition) is 1. The number of aryl methyl sites for hydroxylation is 1. The molecule has 3 rings (SSSR count). The molecule has 0 aliphatic rings. The topological polar surface area (TPSA) is 17.3 Å². The lowest BCUT2D eigenvalue weighted by atomic mass is 10.2. The summed E-state index contributed by atoms with van der Waals surface area (Å²) in [5.74, 6) is 0. The number of hydrogen-bond donors (Lipinski definition) is 0. The Hall–Kier alpha value is -1.32. The Bertz CT molecular complexity index is 734. The van der Waals surface area contributed by atoms with E-state index in [1.54, 1.807) is 0 Å². The molecule has 2 heterocycles. The highest BCUT2D eigenvalue weighted by Gasteiger charge is 2.09. The van der Waals surface area contributed by atoms with E-state index in [0.717, 1.165) is 27.1 Å². The van der Waals surface area contributed by atoms with Crippen molar-refractivity contribution in [2.45, 2.75) is 6.92 Å². The van der Waals surface area contributed by atoms with Crippen LogP contribution in [0.2, 0.25) is 5.02 Å². The van der Waals surface area contributed by atoms with Crippen molar-refractivity contribution < 1.29 is 0 Å². The van der Waals surface area contributed by atoms with Gasteiger partial charge < -0.3 is 4.40 Å². The average Bonchev–Trinajstić information content (AvgIpc) is 2.74. The van der Waals surface area contributed by atoms with Gasteiger partial charge in [-0.05, 0) is 31.2 Å². The minimum Gasteiger partial charge on any atom is -0.304 e. The number of aromatic nitrogens is 2. The van der Waals surface area contributed by atoms with Crippen LogP contribution in [0.25, 0.3) is 16.9 Å². The molecule has 0 amide bonds. The Morgan fingerprint density at radius 3 is 2.78 bits per heavy atom. The second-order valence-corrected chi connectivity index (χ2v) is 5.47. The predicted molar refractivity (Wildman–Crippen MR) is 78.1 cm³/mol. The molecule has 0 radical (unpaired) electrons. The summed E-state index contributed by atoms with van der Waals surface area (Å²) in [5.41, 5.74) is 3.92. The lowest BCUT2D eigenvalue weighted by molar-refractivity contribution is 1.09. The fraction of sp³-hybridized carbons (Fsp3) is 0.0714. The zero-order valence-corrected chi connectivity index (χ0v) is 12.0. The van der Waals surface area contributed by atoms with Gasteiger partial charge in [-0.15, -0.1) is 0 Å². The minimum atomic E-state index is 0.699. The second-order valence-electron chi connectivity index (χ2n) is 4.15. The molecular formula is C14H10BrClN2. The van der Waals surface area contributed by atoms with Gasteiger partial charge in [-0.2, -0.15) is 0 Å². The summed E-state index contributed by atoms with van der Waals surface area (Å²) >= 11 is 9.66. The molecule has 0 fully saturated rings. The van der Waals surface area contributed by atoms with E-state index in [4.69, 9.17) is 11.6 Å². The van der Waals surface area contributed by atoms with Gasteiger partial charge in [0, 0.05) is 21.9 Å². The first kappa shape index (κ1) is 11.8. The van der Waals surface area contributed by atoms with Crippen LogP contribution >= 0.6 is 27.5 Å². The van der Waals surface area contributed by atoms with Crippen LogP contribution in [0.1, 0.15) is 5.69 Å². The number of benzene rings is 1. The van der Waals surface area contributed by atoms with Gasteiger partial charge in [0.15, 0.2) is 0 Å². The van der Waals surface area contributed by atoms with E-state index < -0.39 is 0 Å². The zero-order valence-electron chi connectivity index (χ0n) is 9.69. The van der Waals surface area contributed by atoms with E-state index in [1.807, 2.05) is 36.5 Å². The molecule has 0 spiro atoms. The molecule has 1 aromatic carbocycles. The van der Waals surface area contributed by atoms with E-state index in [1.165, 1.54) is 0 Å². The Labute approximate surface area is 118 Å². The number of halogens is 2. The van der Waals surface area contributed by atoms with Crippen LogP contribution < -0.4 is 0 Å². The maximum absolute atomic E-state index is 6.25. The summed E-state index contributed by atoms with van der Waals surface area (Å²) < 4.78 is 3.03. The highest BCUT2D eigenvalue weighted by molar-refractivity contribution is 9.10. The Balaban J connectivity index is 2.23. The van der Waals surface area contributed by atoms with Crippen LogP contribution in [0.4, 0.5) is 0 Å². The summed E-state index contributed by atoms with van der Waals surface area (Å²) in [6.07, 6.45) is 2.01. The summed E-state index contributed by atoms with van der Waals surface area (Å²) in [6.45, 7) is 2.06. The average molecular weight is 322 g/mol. The molecular weight excluding hydrogens is 312 g/mol. The highest BCUT2D eigenvalue weighted by atomic mass is 79.9. The standard InChI is InChI=1S/C14H10BrClN2/c1-9-3-2-4-14-17-13(8-18(9)14)11-6-5-10(15)7-12(11)16/h2-8H,1H3. The van der Waals surface area contributed by atoms with Gasteiger partial charge in [0.2, 0.25) is 0 Å². The Kier molecular flexibility index (Phi) is 2.88. The van der Waals surface area contributed by atoms with Crippen LogP contribution in [-0.4, -0.2) is 9.38 Å². The zero-order chi connectivity index (χ0) is 12.7. The first-order valence-corrected chi connectivity index (χ1v) is 6.72. The van der Waals surface area contributed by atoms with Crippen molar-refractivity contribution in [3.63, 3.8) is 0 Å². The molecule has 2 aromatic heterocycles. The van der Waals surface area contributed by atoms with E-state index >= 15 is 0 Å². The third-order valence-electron chi connectivity index (χ3n) is 2.90. The summed E-state index contributed by atoms with van der Waals surface area (Å²) in [7, 11) is 0. The molecule has 0 unspecified atom stereocenters. The fourth-order valence-corrected chi connectivity index (χ4v) is 2.75. The van der Waals surface area contributed by atoms with Crippen molar-refractivity contribution in [2.24, 2.45) is 0 Å². The molecule has 0 N–H and O–H groups in total. The second kappa shape index (κ2) is 4.41. The van der Waals surface area contributed by atoms with Crippen molar-refractivity contribution in [3.8, 4) is 11.3 Å². The molecule has 3 aromatic rings. The highest BCUT2D eigenvalue weighted by Crippen LogP contribution is 2.30. The van der Waals surface area contributed by atoms with E-state index in [-0.39, 0.29) is 0 Å². The molecule has 4 heteroatoms. The van der Waals surface area contributed by atoms with Crippen molar-refractivity contribution in [3.05, 3.63) is 57.8 Å². The van der Waals surface area contributed by atoms with Gasteiger partial charge in [-0.25, -0.2) is 4.98 Å². The molecule has 0 atom stereocenters. The Morgan fingerprint density at radius 1 is 1.22 bits per heavy atom. The van der Waals surface area contributed by atoms with Crippen LogP contribution in [0.15, 0.2) is 47.1 Å². The molecule has 90 valence electrons. The van der Waals surface area contributed by atoms with Gasteiger partial charge in [0.05, 0.1) is 10.7 Å². The SMILES string of the molecule is Cc1cccc2nc(-c3ccc(Br)cc3Cl)cn12. The Morgan fingerprint density at radius 2 is 2.06 bits per heavy atom. The monoisotopic (exact) mass is 320 g/mol. The third-order valence-corrected chi connectivity index (χ3v) is 3.71. The van der Waals surface area contributed by atoms with Crippen molar-refractivity contribution in [1.82, 2.24) is 9.38 Å². The van der Waals surface area contributed by atoms with Crippen molar-refractivity contribution in [2.75, 3.05) is 0 Å². The van der Waals surface area contributed by atoms with Crippen molar-refractivity contribution in [1.29, 1.82) is 0 Å². The number of nitrogens with zero attached hydrogens (tertiary/aromatic N) is 2. The largest absolute Gasteiger partial charge is 0.304 e. The van der Waals surface area contributed by atoms with E-state index in [2.05, 4.69) is 38.3 Å². The fourth-order valence-electron chi connectivity index (χ4n) is 1.98. The smallest absolute Gasteiger partial charge is 0.137 e. The van der Waals surface area contributed by atoms with Crippen molar-refractivity contribution >= 4 is 33.2 Å². The van der Waals surface area contributed by atoms with Crippen LogP contribution in [-0.2, 0) is 0 Å². The number of fused-ring (bicyclic) bond motifs is 1. The molecule has 0 saturated carbocycles. The molecule has 18 heavy (non-hydrogen) atoms. The van der Waals surface area contributed by atoms with Gasteiger partial charge >= 0.3 is 0 Å². The quantitative estimate of drug-likeness (QED) is 0.633. The predicted octanol–water partition coefficient (Wildman–Crippen LogP) is 4.73. The third kappa shape index (κ3) is 1.93. The molecule has 0 bridgehead atoms. The van der Waals surface area contributed by atoms with Crippen LogP contribution in [0.3, 0.4) is 0 Å². The molecule has 0 aliphatic heterocycles.